The van der Waals surface area contributed by atoms with Gasteiger partial charge in [-0.2, -0.15) is 18.3 Å². The van der Waals surface area contributed by atoms with Crippen LogP contribution in [0.5, 0.6) is 0 Å². The predicted octanol–water partition coefficient (Wildman–Crippen LogP) is 5.38. The fraction of sp³-hybridized carbons (Fsp3) is 0.364. The molecule has 6 nitrogen and oxygen atoms in total. The van der Waals surface area contributed by atoms with Gasteiger partial charge in [-0.25, -0.2) is 13.8 Å². The van der Waals surface area contributed by atoms with E-state index in [0.717, 1.165) is 56.4 Å². The summed E-state index contributed by atoms with van der Waals surface area (Å²) in [5, 5.41) is 3.53. The Labute approximate surface area is 195 Å². The summed E-state index contributed by atoms with van der Waals surface area (Å²) in [7, 11) is -4.36. The van der Waals surface area contributed by atoms with Crippen LogP contribution in [0, 0.1) is 0 Å². The van der Waals surface area contributed by atoms with Crippen molar-refractivity contribution >= 4 is 38.9 Å². The molecule has 1 amide bonds. The Kier molecular flexibility index (Phi) is 8.01. The van der Waals surface area contributed by atoms with Gasteiger partial charge in [0.2, 0.25) is 0 Å². The van der Waals surface area contributed by atoms with Crippen LogP contribution in [0.4, 0.5) is 18.9 Å². The van der Waals surface area contributed by atoms with Crippen molar-refractivity contribution in [2.75, 3.05) is 10.8 Å². The Bertz CT molecular complexity index is 1110. The Morgan fingerprint density at radius 1 is 1.03 bits per heavy atom. The molecule has 1 N–H and O–H groups in total. The molecule has 3 rings (SSSR count). The van der Waals surface area contributed by atoms with Crippen molar-refractivity contribution in [3.8, 4) is 0 Å². The van der Waals surface area contributed by atoms with Gasteiger partial charge in [-0.3, -0.25) is 9.10 Å². The highest BCUT2D eigenvalue weighted by Crippen LogP contribution is 2.38. The van der Waals surface area contributed by atoms with Crippen molar-refractivity contribution in [2.24, 2.45) is 5.10 Å². The number of alkyl halides is 3. The van der Waals surface area contributed by atoms with E-state index in [1.54, 1.807) is 6.07 Å². The largest absolute Gasteiger partial charge is 0.417 e. The Morgan fingerprint density at radius 2 is 1.67 bits per heavy atom. The number of hydrogen-bond donors (Lipinski definition) is 1. The summed E-state index contributed by atoms with van der Waals surface area (Å²) in [6.45, 7) is -0.757. The minimum absolute atomic E-state index is 0.170. The molecule has 0 unspecified atom stereocenters. The molecule has 1 saturated carbocycles. The molecule has 0 spiro atoms. The van der Waals surface area contributed by atoms with Gasteiger partial charge in [-0.05, 0) is 56.0 Å². The minimum atomic E-state index is -4.80. The Hall–Kier alpha value is -2.59. The van der Waals surface area contributed by atoms with E-state index < -0.39 is 39.2 Å². The lowest BCUT2D eigenvalue weighted by molar-refractivity contribution is -0.137. The van der Waals surface area contributed by atoms with E-state index in [-0.39, 0.29) is 10.6 Å². The van der Waals surface area contributed by atoms with Gasteiger partial charge in [0.05, 0.1) is 21.2 Å². The minimum Gasteiger partial charge on any atom is -0.271 e. The van der Waals surface area contributed by atoms with Crippen LogP contribution in [0.25, 0.3) is 0 Å². The summed E-state index contributed by atoms with van der Waals surface area (Å²) in [5.74, 6) is -0.769. The number of rotatable bonds is 6. The van der Waals surface area contributed by atoms with Crippen LogP contribution in [-0.2, 0) is 21.0 Å². The smallest absolute Gasteiger partial charge is 0.271 e. The molecular formula is C22H23ClF3N3O3S. The summed E-state index contributed by atoms with van der Waals surface area (Å²) in [5.41, 5.74) is 1.62. The highest BCUT2D eigenvalue weighted by Gasteiger charge is 2.35. The SMILES string of the molecule is O=C(CN(c1ccc(Cl)c(C(F)(F)F)c1)S(=O)(=O)c1ccccc1)NN=C1CCCCCC1. The van der Waals surface area contributed by atoms with Gasteiger partial charge in [0.1, 0.15) is 6.54 Å². The number of nitrogens with one attached hydrogen (secondary N) is 1. The van der Waals surface area contributed by atoms with Gasteiger partial charge in [0.15, 0.2) is 0 Å². The van der Waals surface area contributed by atoms with Gasteiger partial charge >= 0.3 is 6.18 Å². The molecule has 11 heteroatoms. The van der Waals surface area contributed by atoms with Crippen molar-refractivity contribution in [1.82, 2.24) is 5.43 Å². The highest BCUT2D eigenvalue weighted by atomic mass is 35.5. The molecule has 0 aromatic heterocycles. The van der Waals surface area contributed by atoms with E-state index >= 15 is 0 Å². The average Bonchev–Trinajstić information content (AvgIpc) is 3.05. The predicted molar refractivity (Wildman–Crippen MR) is 121 cm³/mol. The quantitative estimate of drug-likeness (QED) is 0.426. The molecule has 0 bridgehead atoms. The lowest BCUT2D eigenvalue weighted by Crippen LogP contribution is -2.40. The Balaban J connectivity index is 1.95. The molecule has 0 heterocycles. The van der Waals surface area contributed by atoms with Crippen LogP contribution in [-0.4, -0.2) is 26.6 Å². The molecule has 1 aliphatic rings. The van der Waals surface area contributed by atoms with Crippen LogP contribution in [0.3, 0.4) is 0 Å². The number of carbonyl (C=O) groups is 1. The number of hydrazone groups is 1. The van der Waals surface area contributed by atoms with Crippen LogP contribution in [0.1, 0.15) is 44.1 Å². The number of hydrogen-bond acceptors (Lipinski definition) is 4. The lowest BCUT2D eigenvalue weighted by Gasteiger charge is -2.25. The molecule has 33 heavy (non-hydrogen) atoms. The van der Waals surface area contributed by atoms with Crippen LogP contribution >= 0.6 is 11.6 Å². The lowest BCUT2D eigenvalue weighted by atomic mass is 10.2. The van der Waals surface area contributed by atoms with E-state index in [2.05, 4.69) is 10.5 Å². The fourth-order valence-electron chi connectivity index (χ4n) is 3.48. The van der Waals surface area contributed by atoms with Crippen molar-refractivity contribution in [2.45, 2.75) is 49.6 Å². The van der Waals surface area contributed by atoms with E-state index in [1.807, 2.05) is 0 Å². The van der Waals surface area contributed by atoms with Gasteiger partial charge in [0, 0.05) is 5.71 Å². The first kappa shape index (κ1) is 25.0. The highest BCUT2D eigenvalue weighted by molar-refractivity contribution is 7.92. The first-order chi connectivity index (χ1) is 15.6. The van der Waals surface area contributed by atoms with Crippen LogP contribution < -0.4 is 9.73 Å². The maximum atomic E-state index is 13.4. The van der Waals surface area contributed by atoms with Gasteiger partial charge in [0.25, 0.3) is 15.9 Å². The Morgan fingerprint density at radius 3 is 2.27 bits per heavy atom. The maximum Gasteiger partial charge on any atom is 0.417 e. The van der Waals surface area contributed by atoms with E-state index in [0.29, 0.717) is 10.4 Å². The number of amides is 1. The zero-order chi connectivity index (χ0) is 24.1. The monoisotopic (exact) mass is 501 g/mol. The third-order valence-electron chi connectivity index (χ3n) is 5.18. The summed E-state index contributed by atoms with van der Waals surface area (Å²) >= 11 is 5.69. The summed E-state index contributed by atoms with van der Waals surface area (Å²) in [6, 6.07) is 9.85. The zero-order valence-electron chi connectivity index (χ0n) is 17.6. The van der Waals surface area contributed by atoms with Crippen LogP contribution in [0.15, 0.2) is 58.5 Å². The second kappa shape index (κ2) is 10.6. The summed E-state index contributed by atoms with van der Waals surface area (Å²) in [6.07, 6.45) is 0.727. The first-order valence-corrected chi connectivity index (χ1v) is 12.2. The van der Waals surface area contributed by atoms with Crippen molar-refractivity contribution < 1.29 is 26.4 Å². The van der Waals surface area contributed by atoms with E-state index in [4.69, 9.17) is 11.6 Å². The molecule has 0 radical (unpaired) electrons. The normalized spacial score (nSPS) is 15.0. The molecule has 178 valence electrons. The average molecular weight is 502 g/mol. The van der Waals surface area contributed by atoms with E-state index in [9.17, 15) is 26.4 Å². The second-order valence-corrected chi connectivity index (χ2v) is 9.88. The number of nitrogens with zero attached hydrogens (tertiary/aromatic N) is 2. The molecule has 0 atom stereocenters. The fourth-order valence-corrected chi connectivity index (χ4v) is 5.13. The topological polar surface area (TPSA) is 78.8 Å². The van der Waals surface area contributed by atoms with Gasteiger partial charge in [-0.1, -0.05) is 42.6 Å². The molecule has 0 aliphatic heterocycles. The molecule has 1 fully saturated rings. The molecule has 0 saturated heterocycles. The number of anilines is 1. The molecular weight excluding hydrogens is 479 g/mol. The summed E-state index contributed by atoms with van der Waals surface area (Å²) in [4.78, 5) is 12.4. The van der Waals surface area contributed by atoms with Crippen molar-refractivity contribution in [3.63, 3.8) is 0 Å². The van der Waals surface area contributed by atoms with Crippen LogP contribution in [0.2, 0.25) is 5.02 Å². The maximum absolute atomic E-state index is 13.4. The van der Waals surface area contributed by atoms with Gasteiger partial charge < -0.3 is 0 Å². The van der Waals surface area contributed by atoms with Crippen molar-refractivity contribution in [1.29, 1.82) is 0 Å². The number of sulfonamides is 1. The van der Waals surface area contributed by atoms with Crippen molar-refractivity contribution in [3.05, 3.63) is 59.1 Å². The summed E-state index contributed by atoms with van der Waals surface area (Å²) < 4.78 is 67.3. The molecule has 2 aromatic rings. The van der Waals surface area contributed by atoms with E-state index in [1.165, 1.54) is 24.3 Å². The standard InChI is InChI=1S/C22H23ClF3N3O3S/c23-20-13-12-17(14-19(20)22(24,25)26)29(33(31,32)18-10-6-3-7-11-18)15-21(30)28-27-16-8-4-1-2-5-9-16/h3,6-7,10-14H,1-2,4-5,8-9,15H2,(H,28,30). The zero-order valence-corrected chi connectivity index (χ0v) is 19.2. The first-order valence-electron chi connectivity index (χ1n) is 10.4. The number of halogens is 4. The second-order valence-electron chi connectivity index (χ2n) is 7.61. The molecule has 2 aromatic carbocycles. The third kappa shape index (κ3) is 6.48. The third-order valence-corrected chi connectivity index (χ3v) is 7.30. The number of carbonyl (C=O) groups excluding carboxylic acids is 1. The number of benzene rings is 2. The van der Waals surface area contributed by atoms with Gasteiger partial charge in [-0.15, -0.1) is 0 Å². The molecule has 1 aliphatic carbocycles.